The Bertz CT molecular complexity index is 133. The van der Waals surface area contributed by atoms with Crippen LogP contribution >= 0.6 is 0 Å². The number of hydrogen-bond acceptors (Lipinski definition) is 3. The molecule has 2 heterocycles. The lowest BCUT2D eigenvalue weighted by Crippen LogP contribution is -2.35. The van der Waals surface area contributed by atoms with E-state index in [1.54, 1.807) is 0 Å². The van der Waals surface area contributed by atoms with E-state index >= 15 is 0 Å². The summed E-state index contributed by atoms with van der Waals surface area (Å²) in [6, 6.07) is 0.367. The summed E-state index contributed by atoms with van der Waals surface area (Å²) >= 11 is 0. The quantitative estimate of drug-likeness (QED) is 0.571. The molecular formula is C7H10NO2. The third-order valence-corrected chi connectivity index (χ3v) is 1.86. The van der Waals surface area contributed by atoms with Crippen molar-refractivity contribution in [3.05, 3.63) is 12.5 Å². The van der Waals surface area contributed by atoms with Gasteiger partial charge in [-0.05, 0) is 19.4 Å². The standard InChI is InChI=1S/C7H10NO2/c1-2-6(8-3-1)7-9-4-5-10-7/h4,6-8H,1-3H2. The summed E-state index contributed by atoms with van der Waals surface area (Å²) in [7, 11) is 0. The summed E-state index contributed by atoms with van der Waals surface area (Å²) < 4.78 is 10.2. The summed E-state index contributed by atoms with van der Waals surface area (Å²) in [6.07, 6.45) is 6.27. The highest BCUT2D eigenvalue weighted by atomic mass is 16.7. The summed E-state index contributed by atoms with van der Waals surface area (Å²) in [5.41, 5.74) is 0. The Kier molecular flexibility index (Phi) is 1.51. The van der Waals surface area contributed by atoms with Gasteiger partial charge in [0, 0.05) is 0 Å². The fourth-order valence-electron chi connectivity index (χ4n) is 1.34. The van der Waals surface area contributed by atoms with E-state index in [9.17, 15) is 0 Å². The van der Waals surface area contributed by atoms with Crippen LogP contribution in [0, 0.1) is 6.26 Å². The summed E-state index contributed by atoms with van der Waals surface area (Å²) in [5, 5.41) is 3.29. The normalized spacial score (nSPS) is 32.2. The summed E-state index contributed by atoms with van der Waals surface area (Å²) in [5.74, 6) is 0. The molecule has 0 saturated carbocycles. The summed E-state index contributed by atoms with van der Waals surface area (Å²) in [6.45, 7) is 1.08. The molecule has 1 radical (unpaired) electrons. The fraction of sp³-hybridized carbons (Fsp3) is 0.714. The molecule has 0 bridgehead atoms. The second-order valence-electron chi connectivity index (χ2n) is 2.56. The van der Waals surface area contributed by atoms with Crippen molar-refractivity contribution in [2.24, 2.45) is 0 Å². The molecule has 1 saturated heterocycles. The molecule has 0 spiro atoms. The average Bonchev–Trinajstić information content (AvgIpc) is 2.59. The lowest BCUT2D eigenvalue weighted by molar-refractivity contribution is -0.0505. The van der Waals surface area contributed by atoms with Crippen molar-refractivity contribution in [1.82, 2.24) is 5.32 Å². The molecule has 0 aromatic heterocycles. The Morgan fingerprint density at radius 2 is 2.60 bits per heavy atom. The maximum atomic E-state index is 5.12. The van der Waals surface area contributed by atoms with Crippen LogP contribution in [-0.2, 0) is 9.47 Å². The Balaban J connectivity index is 1.87. The van der Waals surface area contributed by atoms with Gasteiger partial charge in [-0.3, -0.25) is 0 Å². The van der Waals surface area contributed by atoms with Crippen molar-refractivity contribution in [3.63, 3.8) is 0 Å². The van der Waals surface area contributed by atoms with Crippen LogP contribution in [0.4, 0.5) is 0 Å². The van der Waals surface area contributed by atoms with Crippen molar-refractivity contribution in [3.8, 4) is 0 Å². The maximum Gasteiger partial charge on any atom is 0.255 e. The van der Waals surface area contributed by atoms with Gasteiger partial charge in [-0.25, -0.2) is 0 Å². The van der Waals surface area contributed by atoms with E-state index in [2.05, 4.69) is 11.6 Å². The molecule has 2 rings (SSSR count). The molecule has 2 atom stereocenters. The van der Waals surface area contributed by atoms with Crippen molar-refractivity contribution >= 4 is 0 Å². The van der Waals surface area contributed by atoms with Gasteiger partial charge in [0.1, 0.15) is 6.26 Å². The van der Waals surface area contributed by atoms with Crippen LogP contribution in [-0.4, -0.2) is 18.9 Å². The zero-order valence-corrected chi connectivity index (χ0v) is 5.67. The van der Waals surface area contributed by atoms with Gasteiger partial charge in [0.2, 0.25) is 6.26 Å². The molecule has 55 valence electrons. The van der Waals surface area contributed by atoms with Crippen LogP contribution in [0.15, 0.2) is 6.26 Å². The smallest absolute Gasteiger partial charge is 0.255 e. The van der Waals surface area contributed by atoms with E-state index in [-0.39, 0.29) is 6.29 Å². The van der Waals surface area contributed by atoms with Crippen LogP contribution in [0.2, 0.25) is 0 Å². The molecule has 1 N–H and O–H groups in total. The molecule has 3 nitrogen and oxygen atoms in total. The molecule has 1 fully saturated rings. The highest BCUT2D eigenvalue weighted by Crippen LogP contribution is 2.16. The van der Waals surface area contributed by atoms with E-state index in [0.29, 0.717) is 6.04 Å². The molecule has 0 aromatic carbocycles. The van der Waals surface area contributed by atoms with Crippen LogP contribution in [0.25, 0.3) is 0 Å². The highest BCUT2D eigenvalue weighted by molar-refractivity contribution is 4.81. The minimum Gasteiger partial charge on any atom is -0.457 e. The molecule has 2 aliphatic heterocycles. The molecule has 0 aromatic rings. The first-order valence-corrected chi connectivity index (χ1v) is 3.58. The Labute approximate surface area is 60.0 Å². The lowest BCUT2D eigenvalue weighted by Gasteiger charge is -2.16. The summed E-state index contributed by atoms with van der Waals surface area (Å²) in [4.78, 5) is 0. The highest BCUT2D eigenvalue weighted by Gasteiger charge is 2.28. The molecule has 0 aliphatic carbocycles. The average molecular weight is 140 g/mol. The number of rotatable bonds is 1. The van der Waals surface area contributed by atoms with Crippen molar-refractivity contribution in [2.45, 2.75) is 25.2 Å². The third kappa shape index (κ3) is 0.968. The Morgan fingerprint density at radius 3 is 3.20 bits per heavy atom. The predicted octanol–water partition coefficient (Wildman–Crippen LogP) is 0.386. The van der Waals surface area contributed by atoms with Gasteiger partial charge in [0.15, 0.2) is 0 Å². The number of ether oxygens (including phenoxy) is 2. The maximum absolute atomic E-state index is 5.12. The van der Waals surface area contributed by atoms with Gasteiger partial charge in [-0.15, -0.1) is 0 Å². The zero-order valence-electron chi connectivity index (χ0n) is 5.67. The monoisotopic (exact) mass is 140 g/mol. The molecule has 2 unspecified atom stereocenters. The number of nitrogens with one attached hydrogen (secondary N) is 1. The van der Waals surface area contributed by atoms with Crippen LogP contribution in [0.3, 0.4) is 0 Å². The largest absolute Gasteiger partial charge is 0.457 e. The van der Waals surface area contributed by atoms with Gasteiger partial charge in [0.25, 0.3) is 6.29 Å². The Morgan fingerprint density at radius 1 is 1.60 bits per heavy atom. The zero-order chi connectivity index (χ0) is 6.81. The van der Waals surface area contributed by atoms with Crippen molar-refractivity contribution in [1.29, 1.82) is 0 Å². The first kappa shape index (κ1) is 6.04. The SMILES string of the molecule is [C]1=COC(C2CCCN2)O1. The first-order valence-electron chi connectivity index (χ1n) is 3.58. The van der Waals surface area contributed by atoms with Crippen molar-refractivity contribution < 1.29 is 9.47 Å². The topological polar surface area (TPSA) is 30.5 Å². The minimum absolute atomic E-state index is 0.123. The number of hydrogen-bond donors (Lipinski definition) is 1. The molecule has 3 heteroatoms. The van der Waals surface area contributed by atoms with Gasteiger partial charge >= 0.3 is 0 Å². The fourth-order valence-corrected chi connectivity index (χ4v) is 1.34. The third-order valence-electron chi connectivity index (χ3n) is 1.86. The molecule has 10 heavy (non-hydrogen) atoms. The lowest BCUT2D eigenvalue weighted by atomic mass is 10.2. The van der Waals surface area contributed by atoms with Crippen molar-refractivity contribution in [2.75, 3.05) is 6.54 Å². The van der Waals surface area contributed by atoms with Gasteiger partial charge in [0.05, 0.1) is 6.04 Å². The van der Waals surface area contributed by atoms with Crippen LogP contribution in [0.1, 0.15) is 12.8 Å². The van der Waals surface area contributed by atoms with Crippen LogP contribution < -0.4 is 5.32 Å². The van der Waals surface area contributed by atoms with E-state index in [4.69, 9.17) is 9.47 Å². The molecular weight excluding hydrogens is 130 g/mol. The first-order chi connectivity index (χ1) is 4.97. The van der Waals surface area contributed by atoms with Gasteiger partial charge in [-0.1, -0.05) is 0 Å². The van der Waals surface area contributed by atoms with E-state index < -0.39 is 0 Å². The molecule has 0 amide bonds. The Hall–Kier alpha value is -0.700. The van der Waals surface area contributed by atoms with E-state index in [1.165, 1.54) is 12.7 Å². The van der Waals surface area contributed by atoms with Crippen LogP contribution in [0.5, 0.6) is 0 Å². The van der Waals surface area contributed by atoms with Gasteiger partial charge in [-0.2, -0.15) is 0 Å². The molecule has 2 aliphatic rings. The second kappa shape index (κ2) is 2.50. The van der Waals surface area contributed by atoms with E-state index in [0.717, 1.165) is 13.0 Å². The second-order valence-corrected chi connectivity index (χ2v) is 2.56. The predicted molar refractivity (Wildman–Crippen MR) is 34.8 cm³/mol. The minimum atomic E-state index is -0.123. The van der Waals surface area contributed by atoms with Gasteiger partial charge < -0.3 is 14.8 Å². The van der Waals surface area contributed by atoms with E-state index in [1.807, 2.05) is 0 Å².